The first-order chi connectivity index (χ1) is 8.51. The molecule has 0 saturated carbocycles. The zero-order valence-electron chi connectivity index (χ0n) is 9.95. The topological polar surface area (TPSA) is 93.1 Å². The third-order valence-electron chi connectivity index (χ3n) is 2.17. The van der Waals surface area contributed by atoms with Crippen LogP contribution in [-0.2, 0) is 14.3 Å². The number of aliphatic hydroxyl groups excluding tert-OH is 2. The van der Waals surface area contributed by atoms with Crippen LogP contribution in [0, 0.1) is 0 Å². The van der Waals surface area contributed by atoms with Gasteiger partial charge in [0.15, 0.2) is 6.10 Å². The van der Waals surface area contributed by atoms with Gasteiger partial charge >= 0.3 is 11.9 Å². The Balaban J connectivity index is 2.77. The van der Waals surface area contributed by atoms with Crippen molar-refractivity contribution in [1.82, 2.24) is 0 Å². The maximum Gasteiger partial charge on any atom is 0.348 e. The van der Waals surface area contributed by atoms with E-state index in [9.17, 15) is 19.8 Å². The second-order valence-corrected chi connectivity index (χ2v) is 4.29. The summed E-state index contributed by atoms with van der Waals surface area (Å²) in [4.78, 5) is 22.7. The highest BCUT2D eigenvalue weighted by Gasteiger charge is 2.28. The zero-order valence-corrected chi connectivity index (χ0v) is 10.8. The Labute approximate surface area is 108 Å². The summed E-state index contributed by atoms with van der Waals surface area (Å²) >= 11 is 1.06. The van der Waals surface area contributed by atoms with Gasteiger partial charge in [-0.2, -0.15) is 0 Å². The fourth-order valence-corrected chi connectivity index (χ4v) is 2.11. The first-order valence-corrected chi connectivity index (χ1v) is 6.08. The molecule has 0 bridgehead atoms. The number of thiophene rings is 1. The molecule has 6 nitrogen and oxygen atoms in total. The Kier molecular flexibility index (Phi) is 5.26. The molecule has 2 N–H and O–H groups in total. The largest absolute Gasteiger partial charge is 0.465 e. The molecule has 18 heavy (non-hydrogen) atoms. The van der Waals surface area contributed by atoms with Gasteiger partial charge in [0.2, 0.25) is 0 Å². The minimum atomic E-state index is -1.68. The number of hydrogen-bond acceptors (Lipinski definition) is 7. The predicted octanol–water partition coefficient (Wildman–Crippen LogP) is 0.492. The monoisotopic (exact) mass is 274 g/mol. The summed E-state index contributed by atoms with van der Waals surface area (Å²) in [6.45, 7) is 1.70. The van der Waals surface area contributed by atoms with Crippen LogP contribution in [0.4, 0.5) is 0 Å². The van der Waals surface area contributed by atoms with Crippen LogP contribution in [-0.4, -0.2) is 42.0 Å². The van der Waals surface area contributed by atoms with Crippen LogP contribution in [0.2, 0.25) is 0 Å². The first kappa shape index (κ1) is 14.6. The lowest BCUT2D eigenvalue weighted by atomic mass is 10.1. The van der Waals surface area contributed by atoms with Gasteiger partial charge in [0, 0.05) is 0 Å². The SMILES string of the molecule is CCOC(=O)C(O)C(O)c1csc(C(=O)OC)c1. The van der Waals surface area contributed by atoms with Crippen molar-refractivity contribution in [2.75, 3.05) is 13.7 Å². The summed E-state index contributed by atoms with van der Waals surface area (Å²) in [6, 6.07) is 1.36. The number of carbonyl (C=O) groups is 2. The summed E-state index contributed by atoms with van der Waals surface area (Å²) in [5.74, 6) is -1.44. The maximum absolute atomic E-state index is 11.2. The molecule has 2 atom stereocenters. The van der Waals surface area contributed by atoms with Gasteiger partial charge in [-0.05, 0) is 23.9 Å². The second kappa shape index (κ2) is 6.48. The van der Waals surface area contributed by atoms with Crippen LogP contribution in [0.1, 0.15) is 28.3 Å². The molecular formula is C11H14O6S. The molecule has 1 rings (SSSR count). The van der Waals surface area contributed by atoms with E-state index in [1.807, 2.05) is 0 Å². The van der Waals surface area contributed by atoms with Gasteiger partial charge < -0.3 is 19.7 Å². The normalized spacial score (nSPS) is 13.8. The number of carbonyl (C=O) groups excluding carboxylic acids is 2. The quantitative estimate of drug-likeness (QED) is 0.759. The Morgan fingerprint density at radius 3 is 2.67 bits per heavy atom. The maximum atomic E-state index is 11.2. The Morgan fingerprint density at radius 1 is 1.44 bits per heavy atom. The molecule has 0 aliphatic rings. The van der Waals surface area contributed by atoms with Gasteiger partial charge in [-0.15, -0.1) is 11.3 Å². The van der Waals surface area contributed by atoms with E-state index in [1.54, 1.807) is 6.92 Å². The molecule has 0 aliphatic carbocycles. The van der Waals surface area contributed by atoms with E-state index in [4.69, 9.17) is 0 Å². The van der Waals surface area contributed by atoms with E-state index >= 15 is 0 Å². The lowest BCUT2D eigenvalue weighted by Crippen LogP contribution is -2.29. The Hall–Kier alpha value is -1.44. The average molecular weight is 274 g/mol. The molecule has 1 heterocycles. The van der Waals surface area contributed by atoms with Crippen LogP contribution in [0.5, 0.6) is 0 Å². The highest BCUT2D eigenvalue weighted by Crippen LogP contribution is 2.24. The number of methoxy groups -OCH3 is 1. The molecular weight excluding hydrogens is 260 g/mol. The second-order valence-electron chi connectivity index (χ2n) is 3.38. The van der Waals surface area contributed by atoms with Gasteiger partial charge in [0.25, 0.3) is 0 Å². The van der Waals surface area contributed by atoms with Crippen molar-refractivity contribution in [2.24, 2.45) is 0 Å². The van der Waals surface area contributed by atoms with Crippen molar-refractivity contribution in [1.29, 1.82) is 0 Å². The van der Waals surface area contributed by atoms with E-state index < -0.39 is 24.1 Å². The Bertz CT molecular complexity index is 427. The Morgan fingerprint density at radius 2 is 2.11 bits per heavy atom. The molecule has 2 unspecified atom stereocenters. The zero-order chi connectivity index (χ0) is 13.7. The van der Waals surface area contributed by atoms with Crippen LogP contribution in [0.25, 0.3) is 0 Å². The number of hydrogen-bond donors (Lipinski definition) is 2. The van der Waals surface area contributed by atoms with Gasteiger partial charge in [-0.3, -0.25) is 0 Å². The number of aliphatic hydroxyl groups is 2. The van der Waals surface area contributed by atoms with Crippen LogP contribution in [0.15, 0.2) is 11.4 Å². The van der Waals surface area contributed by atoms with Crippen molar-refractivity contribution >= 4 is 23.3 Å². The summed E-state index contributed by atoms with van der Waals surface area (Å²) in [5.41, 5.74) is 0.265. The fourth-order valence-electron chi connectivity index (χ4n) is 1.25. The smallest absolute Gasteiger partial charge is 0.348 e. The fraction of sp³-hybridized carbons (Fsp3) is 0.455. The minimum absolute atomic E-state index is 0.111. The van der Waals surface area contributed by atoms with E-state index in [-0.39, 0.29) is 17.0 Å². The number of ether oxygens (including phenoxy) is 2. The lowest BCUT2D eigenvalue weighted by Gasteiger charge is -2.15. The van der Waals surface area contributed by atoms with Crippen LogP contribution >= 0.6 is 11.3 Å². The van der Waals surface area contributed by atoms with E-state index in [0.29, 0.717) is 0 Å². The van der Waals surface area contributed by atoms with Crippen molar-refractivity contribution in [3.05, 3.63) is 21.9 Å². The third-order valence-corrected chi connectivity index (χ3v) is 3.10. The summed E-state index contributed by atoms with van der Waals surface area (Å²) in [6.07, 6.45) is -3.11. The van der Waals surface area contributed by atoms with Crippen LogP contribution in [0.3, 0.4) is 0 Å². The minimum Gasteiger partial charge on any atom is -0.465 e. The van der Waals surface area contributed by atoms with Crippen molar-refractivity contribution in [2.45, 2.75) is 19.1 Å². The van der Waals surface area contributed by atoms with Gasteiger partial charge in [-0.25, -0.2) is 9.59 Å². The molecule has 0 saturated heterocycles. The summed E-state index contributed by atoms with van der Waals surface area (Å²) in [7, 11) is 1.24. The standard InChI is InChI=1S/C11H14O6S/c1-3-17-11(15)9(13)8(12)6-4-7(18-5-6)10(14)16-2/h4-5,8-9,12-13H,3H2,1-2H3. The van der Waals surface area contributed by atoms with Crippen molar-refractivity contribution in [3.8, 4) is 0 Å². The van der Waals surface area contributed by atoms with Crippen molar-refractivity contribution < 1.29 is 29.3 Å². The van der Waals surface area contributed by atoms with Gasteiger partial charge in [-0.1, -0.05) is 0 Å². The molecule has 0 aliphatic heterocycles. The number of rotatable bonds is 5. The molecule has 0 amide bonds. The van der Waals surface area contributed by atoms with Crippen molar-refractivity contribution in [3.63, 3.8) is 0 Å². The highest BCUT2D eigenvalue weighted by molar-refractivity contribution is 7.12. The van der Waals surface area contributed by atoms with E-state index in [0.717, 1.165) is 11.3 Å². The highest BCUT2D eigenvalue weighted by atomic mass is 32.1. The van der Waals surface area contributed by atoms with E-state index in [2.05, 4.69) is 9.47 Å². The van der Waals surface area contributed by atoms with E-state index in [1.165, 1.54) is 18.6 Å². The first-order valence-electron chi connectivity index (χ1n) is 5.20. The molecule has 7 heteroatoms. The molecule has 1 aromatic rings. The molecule has 0 fully saturated rings. The lowest BCUT2D eigenvalue weighted by molar-refractivity contribution is -0.159. The molecule has 1 aromatic heterocycles. The predicted molar refractivity (Wildman–Crippen MR) is 63.3 cm³/mol. The van der Waals surface area contributed by atoms with Gasteiger partial charge in [0.05, 0.1) is 13.7 Å². The molecule has 100 valence electrons. The summed E-state index contributed by atoms with van der Waals surface area (Å²) in [5, 5.41) is 20.8. The summed E-state index contributed by atoms with van der Waals surface area (Å²) < 4.78 is 9.10. The molecule has 0 radical (unpaired) electrons. The van der Waals surface area contributed by atoms with Gasteiger partial charge in [0.1, 0.15) is 11.0 Å². The molecule has 0 spiro atoms. The average Bonchev–Trinajstić information content (AvgIpc) is 2.85. The van der Waals surface area contributed by atoms with Crippen LogP contribution < -0.4 is 0 Å². The number of esters is 2. The third kappa shape index (κ3) is 3.28. The molecule has 0 aromatic carbocycles.